The molecule has 1 aromatic heterocycles. The number of hydrogen-bond donors (Lipinski definition) is 1. The highest BCUT2D eigenvalue weighted by Crippen LogP contribution is 2.10. The van der Waals surface area contributed by atoms with E-state index >= 15 is 0 Å². The van der Waals surface area contributed by atoms with Crippen molar-refractivity contribution in [3.8, 4) is 0 Å². The predicted molar refractivity (Wildman–Crippen MR) is 54.0 cm³/mol. The van der Waals surface area contributed by atoms with Crippen molar-refractivity contribution < 1.29 is 0 Å². The highest BCUT2D eigenvalue weighted by Gasteiger charge is 2.04. The molecular weight excluding hydrogens is 164 g/mol. The van der Waals surface area contributed by atoms with Gasteiger partial charge in [-0.3, -0.25) is 4.98 Å². The molecular formula is C9H16N4. The highest BCUT2D eigenvalue weighted by molar-refractivity contribution is 5.40. The molecule has 1 aromatic rings. The second-order valence-corrected chi connectivity index (χ2v) is 2.99. The second kappa shape index (κ2) is 4.77. The van der Waals surface area contributed by atoms with Crippen LogP contribution in [-0.4, -0.2) is 37.2 Å². The van der Waals surface area contributed by atoms with Crippen LogP contribution in [-0.2, 0) is 0 Å². The fourth-order valence-corrected chi connectivity index (χ4v) is 1.16. The molecule has 0 saturated heterocycles. The number of aromatic nitrogens is 2. The summed E-state index contributed by atoms with van der Waals surface area (Å²) in [7, 11) is 3.96. The van der Waals surface area contributed by atoms with Crippen LogP contribution in [0.4, 0.5) is 5.82 Å². The number of aryl methyl sites for hydroxylation is 1. The maximum atomic E-state index is 4.27. The van der Waals surface area contributed by atoms with E-state index in [9.17, 15) is 0 Å². The van der Waals surface area contributed by atoms with Gasteiger partial charge in [0.25, 0.3) is 0 Å². The number of nitrogens with zero attached hydrogens (tertiary/aromatic N) is 3. The van der Waals surface area contributed by atoms with Crippen molar-refractivity contribution in [1.82, 2.24) is 15.3 Å². The van der Waals surface area contributed by atoms with E-state index in [-0.39, 0.29) is 0 Å². The first-order valence-corrected chi connectivity index (χ1v) is 4.39. The maximum Gasteiger partial charge on any atom is 0.149 e. The number of hydrogen-bond acceptors (Lipinski definition) is 4. The average molecular weight is 180 g/mol. The molecule has 1 N–H and O–H groups in total. The molecule has 0 amide bonds. The van der Waals surface area contributed by atoms with Crippen LogP contribution in [0.3, 0.4) is 0 Å². The molecule has 0 radical (unpaired) electrons. The van der Waals surface area contributed by atoms with Crippen LogP contribution < -0.4 is 10.2 Å². The van der Waals surface area contributed by atoms with Gasteiger partial charge < -0.3 is 10.2 Å². The van der Waals surface area contributed by atoms with Gasteiger partial charge in [0.2, 0.25) is 0 Å². The molecule has 0 aliphatic carbocycles. The lowest BCUT2D eigenvalue weighted by molar-refractivity contribution is 0.757. The van der Waals surface area contributed by atoms with Crippen molar-refractivity contribution in [3.05, 3.63) is 18.1 Å². The van der Waals surface area contributed by atoms with Crippen molar-refractivity contribution in [2.24, 2.45) is 0 Å². The lowest BCUT2D eigenvalue weighted by Crippen LogP contribution is -2.28. The number of rotatable bonds is 4. The van der Waals surface area contributed by atoms with E-state index in [0.717, 1.165) is 24.6 Å². The number of nitrogens with one attached hydrogen (secondary N) is 1. The zero-order valence-electron chi connectivity index (χ0n) is 8.41. The Labute approximate surface area is 79.0 Å². The van der Waals surface area contributed by atoms with Gasteiger partial charge >= 0.3 is 0 Å². The summed E-state index contributed by atoms with van der Waals surface area (Å²) in [6.07, 6.45) is 3.43. The molecule has 0 unspecified atom stereocenters. The Hall–Kier alpha value is -1.16. The van der Waals surface area contributed by atoms with Gasteiger partial charge in [-0.05, 0) is 14.0 Å². The summed E-state index contributed by atoms with van der Waals surface area (Å²) in [6, 6.07) is 0. The lowest BCUT2D eigenvalue weighted by atomic mass is 10.4. The van der Waals surface area contributed by atoms with Crippen molar-refractivity contribution in [2.75, 3.05) is 32.1 Å². The van der Waals surface area contributed by atoms with Crippen LogP contribution in [0.1, 0.15) is 5.69 Å². The van der Waals surface area contributed by atoms with Crippen LogP contribution in [0.25, 0.3) is 0 Å². The Kier molecular flexibility index (Phi) is 3.64. The minimum atomic E-state index is 0.941. The molecule has 0 aliphatic heterocycles. The SMILES string of the molecule is CNCCN(C)c1nccnc1C. The summed E-state index contributed by atoms with van der Waals surface area (Å²) in [5, 5.41) is 3.10. The zero-order valence-corrected chi connectivity index (χ0v) is 8.41. The van der Waals surface area contributed by atoms with E-state index < -0.39 is 0 Å². The van der Waals surface area contributed by atoms with E-state index in [1.807, 2.05) is 21.0 Å². The van der Waals surface area contributed by atoms with Crippen molar-refractivity contribution in [3.63, 3.8) is 0 Å². The molecule has 72 valence electrons. The Morgan fingerprint density at radius 3 is 2.69 bits per heavy atom. The molecule has 0 atom stereocenters. The number of anilines is 1. The van der Waals surface area contributed by atoms with Gasteiger partial charge in [-0.2, -0.15) is 0 Å². The molecule has 0 spiro atoms. The largest absolute Gasteiger partial charge is 0.357 e. The molecule has 1 heterocycles. The Morgan fingerprint density at radius 2 is 2.08 bits per heavy atom. The summed E-state index contributed by atoms with van der Waals surface area (Å²) in [5.74, 6) is 0.956. The third-order valence-electron chi connectivity index (χ3n) is 1.91. The van der Waals surface area contributed by atoms with E-state index in [1.54, 1.807) is 12.4 Å². The molecule has 4 nitrogen and oxygen atoms in total. The summed E-state index contributed by atoms with van der Waals surface area (Å²) < 4.78 is 0. The quantitative estimate of drug-likeness (QED) is 0.730. The van der Waals surface area contributed by atoms with Crippen LogP contribution in [0.2, 0.25) is 0 Å². The van der Waals surface area contributed by atoms with Crippen LogP contribution in [0.15, 0.2) is 12.4 Å². The monoisotopic (exact) mass is 180 g/mol. The van der Waals surface area contributed by atoms with E-state index in [2.05, 4.69) is 20.2 Å². The van der Waals surface area contributed by atoms with Crippen LogP contribution in [0, 0.1) is 6.92 Å². The van der Waals surface area contributed by atoms with E-state index in [1.165, 1.54) is 0 Å². The van der Waals surface area contributed by atoms with Gasteiger partial charge in [-0.15, -0.1) is 0 Å². The topological polar surface area (TPSA) is 41.0 Å². The molecule has 0 bridgehead atoms. The molecule has 0 aromatic carbocycles. The fourth-order valence-electron chi connectivity index (χ4n) is 1.16. The van der Waals surface area contributed by atoms with Gasteiger partial charge in [0, 0.05) is 32.5 Å². The van der Waals surface area contributed by atoms with Crippen LogP contribution in [0.5, 0.6) is 0 Å². The summed E-state index contributed by atoms with van der Waals surface area (Å²) in [5.41, 5.74) is 0.973. The van der Waals surface area contributed by atoms with E-state index in [0.29, 0.717) is 0 Å². The molecule has 0 saturated carbocycles. The standard InChI is InChI=1S/C9H16N4/c1-8-9(12-5-4-11-8)13(3)7-6-10-2/h4-5,10H,6-7H2,1-3H3. The second-order valence-electron chi connectivity index (χ2n) is 2.99. The Bertz CT molecular complexity index is 262. The van der Waals surface area contributed by atoms with Gasteiger partial charge in [0.15, 0.2) is 0 Å². The highest BCUT2D eigenvalue weighted by atomic mass is 15.2. The third-order valence-corrected chi connectivity index (χ3v) is 1.91. The van der Waals surface area contributed by atoms with Gasteiger partial charge in [-0.25, -0.2) is 4.98 Å². The lowest BCUT2D eigenvalue weighted by Gasteiger charge is -2.18. The van der Waals surface area contributed by atoms with Gasteiger partial charge in [-0.1, -0.05) is 0 Å². The maximum absolute atomic E-state index is 4.27. The molecule has 4 heteroatoms. The van der Waals surface area contributed by atoms with Gasteiger partial charge in [0.05, 0.1) is 5.69 Å². The van der Waals surface area contributed by atoms with Crippen LogP contribution >= 0.6 is 0 Å². The normalized spacial score (nSPS) is 10.1. The molecule has 1 rings (SSSR count). The summed E-state index contributed by atoms with van der Waals surface area (Å²) >= 11 is 0. The van der Waals surface area contributed by atoms with Crippen molar-refractivity contribution in [2.45, 2.75) is 6.92 Å². The average Bonchev–Trinajstić information content (AvgIpc) is 2.15. The first-order chi connectivity index (χ1) is 6.25. The summed E-state index contributed by atoms with van der Waals surface area (Å²) in [4.78, 5) is 10.5. The van der Waals surface area contributed by atoms with Gasteiger partial charge in [0.1, 0.15) is 5.82 Å². The van der Waals surface area contributed by atoms with E-state index in [4.69, 9.17) is 0 Å². The molecule has 13 heavy (non-hydrogen) atoms. The fraction of sp³-hybridized carbons (Fsp3) is 0.556. The number of likely N-dealkylation sites (N-methyl/N-ethyl adjacent to an activating group) is 2. The summed E-state index contributed by atoms with van der Waals surface area (Å²) in [6.45, 7) is 3.86. The predicted octanol–water partition coefficient (Wildman–Crippen LogP) is 0.441. The zero-order chi connectivity index (χ0) is 9.68. The van der Waals surface area contributed by atoms with Crippen molar-refractivity contribution >= 4 is 5.82 Å². The smallest absolute Gasteiger partial charge is 0.149 e. The molecule has 0 fully saturated rings. The Balaban J connectivity index is 2.65. The minimum absolute atomic E-state index is 0.941. The van der Waals surface area contributed by atoms with Crippen molar-refractivity contribution in [1.29, 1.82) is 0 Å². The molecule has 0 aliphatic rings. The first kappa shape index (κ1) is 9.92. The first-order valence-electron chi connectivity index (χ1n) is 4.39. The minimum Gasteiger partial charge on any atom is -0.357 e. The third kappa shape index (κ3) is 2.66. The Morgan fingerprint density at radius 1 is 1.38 bits per heavy atom.